The number of carbonyl (C=O) groups excluding carboxylic acids is 1. The minimum absolute atomic E-state index is 0.0824. The van der Waals surface area contributed by atoms with E-state index in [0.29, 0.717) is 6.54 Å². The van der Waals surface area contributed by atoms with Crippen molar-refractivity contribution in [2.45, 2.75) is 12.3 Å². The molecule has 1 fully saturated rings. The number of anilines is 1. The van der Waals surface area contributed by atoms with Crippen LogP contribution in [0.25, 0.3) is 0 Å². The van der Waals surface area contributed by atoms with E-state index in [1.807, 2.05) is 48.2 Å². The lowest BCUT2D eigenvalue weighted by atomic mass is 10.1. The molecule has 1 atom stereocenters. The van der Waals surface area contributed by atoms with E-state index < -0.39 is 0 Å². The summed E-state index contributed by atoms with van der Waals surface area (Å²) in [6.45, 7) is 2.64. The predicted molar refractivity (Wildman–Crippen MR) is 109 cm³/mol. The second-order valence-electron chi connectivity index (χ2n) is 5.91. The van der Waals surface area contributed by atoms with E-state index >= 15 is 0 Å². The Morgan fingerprint density at radius 2 is 2.04 bits per heavy atom. The van der Waals surface area contributed by atoms with Gasteiger partial charge in [0, 0.05) is 28.0 Å². The van der Waals surface area contributed by atoms with Crippen LogP contribution in [0, 0.1) is 6.92 Å². The molecule has 1 heterocycles. The van der Waals surface area contributed by atoms with Gasteiger partial charge < -0.3 is 19.7 Å². The number of halogens is 1. The molecule has 1 aliphatic rings. The molecule has 1 aliphatic heterocycles. The average Bonchev–Trinajstić information content (AvgIpc) is 3.13. The van der Waals surface area contributed by atoms with Gasteiger partial charge in [-0.15, -0.1) is 11.8 Å². The minimum Gasteiger partial charge on any atom is -0.497 e. The van der Waals surface area contributed by atoms with Gasteiger partial charge in [0.25, 0.3) is 0 Å². The molecule has 3 rings (SSSR count). The Kier molecular flexibility index (Phi) is 5.98. The summed E-state index contributed by atoms with van der Waals surface area (Å²) in [5.74, 6) is 2.44. The molecule has 1 N–H and O–H groups in total. The van der Waals surface area contributed by atoms with E-state index in [9.17, 15) is 4.79 Å². The molecule has 26 heavy (non-hydrogen) atoms. The molecule has 7 heteroatoms. The Bertz CT molecular complexity index is 815. The fourth-order valence-corrected chi connectivity index (χ4v) is 4.57. The van der Waals surface area contributed by atoms with Gasteiger partial charge in [0.05, 0.1) is 14.2 Å². The number of hydrogen-bond acceptors (Lipinski definition) is 4. The Hall–Kier alpha value is -1.86. The van der Waals surface area contributed by atoms with Crippen LogP contribution in [-0.2, 0) is 0 Å². The highest BCUT2D eigenvalue weighted by atomic mass is 79.9. The third-order valence-corrected chi connectivity index (χ3v) is 6.02. The molecule has 0 aliphatic carbocycles. The Balaban J connectivity index is 1.82. The summed E-state index contributed by atoms with van der Waals surface area (Å²) in [6.07, 6.45) is 0. The Morgan fingerprint density at radius 3 is 2.73 bits per heavy atom. The Labute approximate surface area is 166 Å². The van der Waals surface area contributed by atoms with Gasteiger partial charge in [-0.3, -0.25) is 0 Å². The normalized spacial score (nSPS) is 16.5. The zero-order chi connectivity index (χ0) is 18.7. The number of aryl methyl sites for hydroxylation is 1. The van der Waals surface area contributed by atoms with Crippen LogP contribution in [0.2, 0.25) is 0 Å². The monoisotopic (exact) mass is 436 g/mol. The van der Waals surface area contributed by atoms with E-state index in [0.717, 1.165) is 38.5 Å². The predicted octanol–water partition coefficient (Wildman–Crippen LogP) is 5.05. The third kappa shape index (κ3) is 3.94. The van der Waals surface area contributed by atoms with Gasteiger partial charge in [0.2, 0.25) is 0 Å². The van der Waals surface area contributed by atoms with E-state index in [1.54, 1.807) is 26.0 Å². The van der Waals surface area contributed by atoms with Gasteiger partial charge in [0.1, 0.15) is 16.9 Å². The van der Waals surface area contributed by atoms with Crippen LogP contribution in [0.3, 0.4) is 0 Å². The average molecular weight is 437 g/mol. The van der Waals surface area contributed by atoms with Crippen molar-refractivity contribution >= 4 is 39.4 Å². The summed E-state index contributed by atoms with van der Waals surface area (Å²) in [4.78, 5) is 14.8. The van der Waals surface area contributed by atoms with Crippen molar-refractivity contribution < 1.29 is 14.3 Å². The molecule has 1 unspecified atom stereocenters. The topological polar surface area (TPSA) is 50.8 Å². The van der Waals surface area contributed by atoms with Gasteiger partial charge in [-0.25, -0.2) is 4.79 Å². The number of nitrogens with zero attached hydrogens (tertiary/aromatic N) is 1. The van der Waals surface area contributed by atoms with E-state index in [-0.39, 0.29) is 11.4 Å². The molecule has 138 valence electrons. The standard InChI is InChI=1S/C19H21BrN2O3S/c1-12-10-14(24-2)5-6-16(12)21-19(23)22-8-9-26-18(22)15-11-13(20)4-7-17(15)25-3/h4-7,10-11,18H,8-9H2,1-3H3,(H,21,23). The van der Waals surface area contributed by atoms with Crippen LogP contribution < -0.4 is 14.8 Å². The number of carbonyl (C=O) groups is 1. The minimum atomic E-state index is -0.115. The largest absolute Gasteiger partial charge is 0.497 e. The second kappa shape index (κ2) is 8.22. The second-order valence-corrected chi connectivity index (χ2v) is 8.02. The van der Waals surface area contributed by atoms with Gasteiger partial charge in [-0.1, -0.05) is 15.9 Å². The maximum absolute atomic E-state index is 12.9. The van der Waals surface area contributed by atoms with Crippen LogP contribution in [0.4, 0.5) is 10.5 Å². The SMILES string of the molecule is COc1ccc(NC(=O)N2CCSC2c2cc(Br)ccc2OC)c(C)c1. The van der Waals surface area contributed by atoms with E-state index in [1.165, 1.54) is 0 Å². The number of benzene rings is 2. The first-order valence-electron chi connectivity index (χ1n) is 8.21. The first kappa shape index (κ1) is 18.9. The first-order chi connectivity index (χ1) is 12.5. The number of methoxy groups -OCH3 is 2. The van der Waals surface area contributed by atoms with Crippen molar-refractivity contribution in [1.29, 1.82) is 0 Å². The lowest BCUT2D eigenvalue weighted by Gasteiger charge is -2.26. The van der Waals surface area contributed by atoms with E-state index in [2.05, 4.69) is 21.2 Å². The molecule has 0 spiro atoms. The fraction of sp³-hybridized carbons (Fsp3) is 0.316. The fourth-order valence-electron chi connectivity index (χ4n) is 2.92. The van der Waals surface area contributed by atoms with Crippen molar-refractivity contribution in [2.24, 2.45) is 0 Å². The summed E-state index contributed by atoms with van der Waals surface area (Å²) in [5, 5.41) is 2.94. The maximum Gasteiger partial charge on any atom is 0.323 e. The number of rotatable bonds is 4. The number of ether oxygens (including phenoxy) is 2. The summed E-state index contributed by atoms with van der Waals surface area (Å²) < 4.78 is 11.7. The quantitative estimate of drug-likeness (QED) is 0.727. The summed E-state index contributed by atoms with van der Waals surface area (Å²) in [7, 11) is 3.28. The summed E-state index contributed by atoms with van der Waals surface area (Å²) >= 11 is 5.25. The van der Waals surface area contributed by atoms with Crippen molar-refractivity contribution in [3.63, 3.8) is 0 Å². The van der Waals surface area contributed by atoms with Gasteiger partial charge in [-0.05, 0) is 48.9 Å². The highest BCUT2D eigenvalue weighted by Gasteiger charge is 2.33. The number of nitrogens with one attached hydrogen (secondary N) is 1. The highest BCUT2D eigenvalue weighted by molar-refractivity contribution is 9.10. The lowest BCUT2D eigenvalue weighted by Crippen LogP contribution is -2.34. The van der Waals surface area contributed by atoms with Crippen molar-refractivity contribution in [2.75, 3.05) is 31.8 Å². The zero-order valence-electron chi connectivity index (χ0n) is 14.9. The maximum atomic E-state index is 12.9. The number of thioether (sulfide) groups is 1. The molecule has 2 aromatic rings. The number of amides is 2. The molecule has 0 bridgehead atoms. The Morgan fingerprint density at radius 1 is 1.23 bits per heavy atom. The first-order valence-corrected chi connectivity index (χ1v) is 10.0. The number of urea groups is 1. The van der Waals surface area contributed by atoms with Crippen LogP contribution in [-0.4, -0.2) is 37.4 Å². The smallest absolute Gasteiger partial charge is 0.323 e. The van der Waals surface area contributed by atoms with Crippen LogP contribution in [0.15, 0.2) is 40.9 Å². The zero-order valence-corrected chi connectivity index (χ0v) is 17.3. The van der Waals surface area contributed by atoms with Crippen molar-refractivity contribution in [1.82, 2.24) is 4.90 Å². The molecular formula is C19H21BrN2O3S. The molecule has 2 amide bonds. The van der Waals surface area contributed by atoms with Crippen molar-refractivity contribution in [3.8, 4) is 11.5 Å². The molecule has 0 saturated carbocycles. The molecule has 5 nitrogen and oxygen atoms in total. The molecular weight excluding hydrogens is 416 g/mol. The summed E-state index contributed by atoms with van der Waals surface area (Å²) in [5.41, 5.74) is 2.74. The van der Waals surface area contributed by atoms with Gasteiger partial charge in [0.15, 0.2) is 0 Å². The van der Waals surface area contributed by atoms with E-state index in [4.69, 9.17) is 9.47 Å². The third-order valence-electron chi connectivity index (χ3n) is 4.28. The highest BCUT2D eigenvalue weighted by Crippen LogP contribution is 2.43. The van der Waals surface area contributed by atoms with Crippen LogP contribution >= 0.6 is 27.7 Å². The van der Waals surface area contributed by atoms with Crippen LogP contribution in [0.1, 0.15) is 16.5 Å². The number of hydrogen-bond donors (Lipinski definition) is 1. The van der Waals surface area contributed by atoms with Gasteiger partial charge in [-0.2, -0.15) is 0 Å². The van der Waals surface area contributed by atoms with Crippen molar-refractivity contribution in [3.05, 3.63) is 52.0 Å². The molecule has 1 saturated heterocycles. The molecule has 0 radical (unpaired) electrons. The summed E-state index contributed by atoms with van der Waals surface area (Å²) in [6, 6.07) is 11.4. The molecule has 0 aromatic heterocycles. The van der Waals surface area contributed by atoms with Gasteiger partial charge >= 0.3 is 6.03 Å². The molecule has 2 aromatic carbocycles. The van der Waals surface area contributed by atoms with Crippen LogP contribution in [0.5, 0.6) is 11.5 Å². The lowest BCUT2D eigenvalue weighted by molar-refractivity contribution is 0.213.